The molecule has 1 aromatic heterocycles. The Kier molecular flexibility index (Phi) is 4.29. The van der Waals surface area contributed by atoms with Gasteiger partial charge in [-0.3, -0.25) is 4.79 Å². The number of hydrogen-bond acceptors (Lipinski definition) is 4. The highest BCUT2D eigenvalue weighted by Crippen LogP contribution is 2.07. The summed E-state index contributed by atoms with van der Waals surface area (Å²) < 4.78 is 0. The van der Waals surface area contributed by atoms with Gasteiger partial charge < -0.3 is 15.0 Å². The third kappa shape index (κ3) is 3.62. The van der Waals surface area contributed by atoms with Crippen LogP contribution in [0.3, 0.4) is 0 Å². The third-order valence-corrected chi connectivity index (χ3v) is 3.02. The molecule has 2 rings (SSSR count). The van der Waals surface area contributed by atoms with Gasteiger partial charge >= 0.3 is 0 Å². The largest absolute Gasteiger partial charge is 0.393 e. The predicted octanol–water partition coefficient (Wildman–Crippen LogP) is 1.13. The number of fused-ring (bicyclic) bond motifs is 1. The summed E-state index contributed by atoms with van der Waals surface area (Å²) in [5.41, 5.74) is 1.90. The fraction of sp³-hybridized carbons (Fsp3) is 0.429. The molecule has 0 saturated heterocycles. The summed E-state index contributed by atoms with van der Waals surface area (Å²) in [6.07, 6.45) is 0.354. The van der Waals surface area contributed by atoms with E-state index < -0.39 is 0 Å². The highest BCUT2D eigenvalue weighted by atomic mass is 16.3. The lowest BCUT2D eigenvalue weighted by molar-refractivity contribution is 0.162. The van der Waals surface area contributed by atoms with Gasteiger partial charge in [-0.15, -0.1) is 0 Å². The zero-order chi connectivity index (χ0) is 13.8. The maximum Gasteiger partial charge on any atom is 0.271 e. The van der Waals surface area contributed by atoms with Gasteiger partial charge in [0.15, 0.2) is 0 Å². The van der Waals surface area contributed by atoms with Gasteiger partial charge in [-0.05, 0) is 32.5 Å². The molecule has 0 aliphatic carbocycles. The van der Waals surface area contributed by atoms with E-state index in [1.54, 1.807) is 6.92 Å². The summed E-state index contributed by atoms with van der Waals surface area (Å²) in [4.78, 5) is 21.1. The number of aliphatic hydroxyl groups excluding tert-OH is 1. The fourth-order valence-corrected chi connectivity index (χ4v) is 1.92. The average molecular weight is 261 g/mol. The van der Waals surface area contributed by atoms with Crippen molar-refractivity contribution in [3.8, 4) is 0 Å². The standard InChI is InChI=1S/C14H19N3O2/c1-10(18)7-8-17(2)9-13-14(19)16-12-6-4-3-5-11(12)15-13/h3-6,10,18H,7-9H2,1-2H3,(H,16,19). The SMILES string of the molecule is CC(O)CCN(C)Cc1nc2ccccc2[nH]c1=O. The minimum absolute atomic E-state index is 0.150. The first-order valence-corrected chi connectivity index (χ1v) is 6.41. The first kappa shape index (κ1) is 13.7. The first-order chi connectivity index (χ1) is 9.06. The van der Waals surface area contributed by atoms with E-state index in [0.29, 0.717) is 18.7 Å². The van der Waals surface area contributed by atoms with Crippen LogP contribution in [0, 0.1) is 0 Å². The van der Waals surface area contributed by atoms with Gasteiger partial charge in [0, 0.05) is 13.1 Å². The average Bonchev–Trinajstić information content (AvgIpc) is 2.37. The summed E-state index contributed by atoms with van der Waals surface area (Å²) in [5, 5.41) is 9.25. The number of para-hydroxylation sites is 2. The van der Waals surface area contributed by atoms with E-state index in [2.05, 4.69) is 9.97 Å². The van der Waals surface area contributed by atoms with Crippen molar-refractivity contribution in [1.82, 2.24) is 14.9 Å². The summed E-state index contributed by atoms with van der Waals surface area (Å²) in [7, 11) is 1.92. The molecular weight excluding hydrogens is 242 g/mol. The summed E-state index contributed by atoms with van der Waals surface area (Å²) in [5.74, 6) is 0. The van der Waals surface area contributed by atoms with E-state index in [0.717, 1.165) is 17.6 Å². The summed E-state index contributed by atoms with van der Waals surface area (Å²) in [6.45, 7) is 2.97. The molecule has 102 valence electrons. The van der Waals surface area contributed by atoms with E-state index in [1.165, 1.54) is 0 Å². The molecule has 1 atom stereocenters. The molecule has 0 fully saturated rings. The lowest BCUT2D eigenvalue weighted by Gasteiger charge is -2.16. The number of aromatic nitrogens is 2. The highest BCUT2D eigenvalue weighted by Gasteiger charge is 2.08. The molecule has 1 unspecified atom stereocenters. The molecule has 0 aliphatic rings. The van der Waals surface area contributed by atoms with E-state index in [9.17, 15) is 9.90 Å². The van der Waals surface area contributed by atoms with Crippen molar-refractivity contribution in [2.45, 2.75) is 26.0 Å². The lowest BCUT2D eigenvalue weighted by Crippen LogP contribution is -2.27. The lowest BCUT2D eigenvalue weighted by atomic mass is 10.2. The molecule has 5 nitrogen and oxygen atoms in total. The summed E-state index contributed by atoms with van der Waals surface area (Å²) >= 11 is 0. The van der Waals surface area contributed by atoms with Gasteiger partial charge in [0.1, 0.15) is 5.69 Å². The molecular formula is C14H19N3O2. The quantitative estimate of drug-likeness (QED) is 0.846. The van der Waals surface area contributed by atoms with Gasteiger partial charge in [0.2, 0.25) is 0 Å². The van der Waals surface area contributed by atoms with Gasteiger partial charge in [0.05, 0.1) is 17.1 Å². The number of hydrogen-bond donors (Lipinski definition) is 2. The van der Waals surface area contributed by atoms with E-state index >= 15 is 0 Å². The van der Waals surface area contributed by atoms with Gasteiger partial charge in [-0.1, -0.05) is 12.1 Å². The van der Waals surface area contributed by atoms with Gasteiger partial charge in [-0.2, -0.15) is 0 Å². The molecule has 0 radical (unpaired) electrons. The monoisotopic (exact) mass is 261 g/mol. The molecule has 2 aromatic rings. The number of rotatable bonds is 5. The van der Waals surface area contributed by atoms with Crippen LogP contribution in [0.25, 0.3) is 11.0 Å². The Bertz CT molecular complexity index is 607. The zero-order valence-electron chi connectivity index (χ0n) is 11.3. The van der Waals surface area contributed by atoms with E-state index in [4.69, 9.17) is 0 Å². The van der Waals surface area contributed by atoms with Crippen molar-refractivity contribution in [3.63, 3.8) is 0 Å². The Morgan fingerprint density at radius 1 is 1.42 bits per heavy atom. The van der Waals surface area contributed by atoms with Gasteiger partial charge in [0.25, 0.3) is 5.56 Å². The van der Waals surface area contributed by atoms with Gasteiger partial charge in [-0.25, -0.2) is 4.98 Å². The van der Waals surface area contributed by atoms with E-state index in [1.807, 2.05) is 36.2 Å². The topological polar surface area (TPSA) is 69.2 Å². The van der Waals surface area contributed by atoms with Crippen molar-refractivity contribution in [1.29, 1.82) is 0 Å². The van der Waals surface area contributed by atoms with Crippen molar-refractivity contribution >= 4 is 11.0 Å². The molecule has 0 aliphatic heterocycles. The van der Waals surface area contributed by atoms with Crippen LogP contribution in [-0.4, -0.2) is 39.7 Å². The molecule has 19 heavy (non-hydrogen) atoms. The van der Waals surface area contributed by atoms with Crippen molar-refractivity contribution in [2.24, 2.45) is 0 Å². The van der Waals surface area contributed by atoms with Crippen molar-refractivity contribution < 1.29 is 5.11 Å². The van der Waals surface area contributed by atoms with Crippen LogP contribution in [0.2, 0.25) is 0 Å². The first-order valence-electron chi connectivity index (χ1n) is 6.41. The Morgan fingerprint density at radius 2 is 2.16 bits per heavy atom. The molecule has 2 N–H and O–H groups in total. The summed E-state index contributed by atoms with van der Waals surface area (Å²) in [6, 6.07) is 7.48. The molecule has 0 amide bonds. The smallest absolute Gasteiger partial charge is 0.271 e. The minimum atomic E-state index is -0.328. The number of aromatic amines is 1. The molecule has 0 saturated carbocycles. The number of aliphatic hydroxyl groups is 1. The fourth-order valence-electron chi connectivity index (χ4n) is 1.92. The van der Waals surface area contributed by atoms with Crippen molar-refractivity contribution in [3.05, 3.63) is 40.3 Å². The Morgan fingerprint density at radius 3 is 2.89 bits per heavy atom. The van der Waals surface area contributed by atoms with Crippen molar-refractivity contribution in [2.75, 3.05) is 13.6 Å². The Labute approximate surface area is 111 Å². The van der Waals surface area contributed by atoms with Crippen LogP contribution in [0.1, 0.15) is 19.0 Å². The molecule has 0 bridgehead atoms. The Balaban J connectivity index is 2.16. The molecule has 1 heterocycles. The predicted molar refractivity (Wildman–Crippen MR) is 75.0 cm³/mol. The van der Waals surface area contributed by atoms with E-state index in [-0.39, 0.29) is 11.7 Å². The second-order valence-electron chi connectivity index (χ2n) is 4.91. The van der Waals surface area contributed by atoms with Crippen LogP contribution in [0.15, 0.2) is 29.1 Å². The molecule has 1 aromatic carbocycles. The minimum Gasteiger partial charge on any atom is -0.393 e. The maximum absolute atomic E-state index is 11.9. The van der Waals surface area contributed by atoms with Crippen LogP contribution in [0.5, 0.6) is 0 Å². The van der Waals surface area contributed by atoms with Crippen LogP contribution in [0.4, 0.5) is 0 Å². The zero-order valence-corrected chi connectivity index (χ0v) is 11.3. The Hall–Kier alpha value is -1.72. The molecule has 0 spiro atoms. The highest BCUT2D eigenvalue weighted by molar-refractivity contribution is 5.73. The van der Waals surface area contributed by atoms with Crippen LogP contribution >= 0.6 is 0 Å². The van der Waals surface area contributed by atoms with Crippen LogP contribution in [-0.2, 0) is 6.54 Å². The number of H-pyrrole nitrogens is 1. The number of benzene rings is 1. The second kappa shape index (κ2) is 5.95. The third-order valence-electron chi connectivity index (χ3n) is 3.02. The normalized spacial score (nSPS) is 13.1. The van der Waals surface area contributed by atoms with Crippen LogP contribution < -0.4 is 5.56 Å². The second-order valence-corrected chi connectivity index (χ2v) is 4.91. The number of nitrogens with one attached hydrogen (secondary N) is 1. The number of nitrogens with zero attached hydrogens (tertiary/aromatic N) is 2. The maximum atomic E-state index is 11.9. The molecule has 5 heteroatoms.